The molecule has 0 aliphatic rings. The molecule has 34 heavy (non-hydrogen) atoms. The minimum atomic E-state index is -0.779. The van der Waals surface area contributed by atoms with Gasteiger partial charge in [0.05, 0.1) is 15.1 Å². The lowest BCUT2D eigenvalue weighted by atomic mass is 10.0. The number of hydrogen-bond acceptors (Lipinski definition) is 3. The fraction of sp³-hybridized carbons (Fsp3) is 0.200. The molecule has 0 fully saturated rings. The van der Waals surface area contributed by atoms with Gasteiger partial charge in [0.25, 0.3) is 5.91 Å². The first-order valence-electron chi connectivity index (χ1n) is 10.3. The summed E-state index contributed by atoms with van der Waals surface area (Å²) in [5, 5.41) is 3.81. The molecule has 3 aromatic carbocycles. The average Bonchev–Trinajstić information content (AvgIpc) is 2.83. The van der Waals surface area contributed by atoms with Crippen molar-refractivity contribution in [2.75, 3.05) is 13.7 Å². The van der Waals surface area contributed by atoms with Crippen molar-refractivity contribution in [1.82, 2.24) is 10.2 Å². The fourth-order valence-corrected chi connectivity index (χ4v) is 4.42. The Hall–Kier alpha value is -2.25. The molecule has 178 valence electrons. The van der Waals surface area contributed by atoms with E-state index in [9.17, 15) is 9.59 Å². The van der Waals surface area contributed by atoms with Gasteiger partial charge >= 0.3 is 0 Å². The molecule has 2 amide bonds. The third-order valence-corrected chi connectivity index (χ3v) is 6.63. The largest absolute Gasteiger partial charge is 0.482 e. The molecule has 3 aromatic rings. The van der Waals surface area contributed by atoms with Crippen LogP contribution in [0.3, 0.4) is 0 Å². The summed E-state index contributed by atoms with van der Waals surface area (Å²) in [5.41, 5.74) is 1.64. The summed E-state index contributed by atoms with van der Waals surface area (Å²) in [6.07, 6.45) is 0.326. The van der Waals surface area contributed by atoms with Gasteiger partial charge in [0, 0.05) is 24.5 Å². The molecular weight excluding hydrogens is 563 g/mol. The third kappa shape index (κ3) is 7.12. The van der Waals surface area contributed by atoms with Gasteiger partial charge in [0.15, 0.2) is 6.61 Å². The highest BCUT2D eigenvalue weighted by molar-refractivity contribution is 9.10. The van der Waals surface area contributed by atoms with Crippen molar-refractivity contribution in [2.24, 2.45) is 0 Å². The number of amides is 2. The van der Waals surface area contributed by atoms with Gasteiger partial charge in [-0.3, -0.25) is 9.59 Å². The van der Waals surface area contributed by atoms with E-state index in [0.717, 1.165) is 15.6 Å². The Morgan fingerprint density at radius 3 is 2.32 bits per heavy atom. The molecule has 0 spiro atoms. The monoisotopic (exact) mass is 582 g/mol. The van der Waals surface area contributed by atoms with Crippen molar-refractivity contribution in [3.63, 3.8) is 0 Å². The average molecular weight is 585 g/mol. The lowest BCUT2D eigenvalue weighted by molar-refractivity contribution is -0.142. The van der Waals surface area contributed by atoms with Crippen LogP contribution < -0.4 is 10.1 Å². The SMILES string of the molecule is CNC(=O)[C@H](Cc1ccccc1)N(Cc1ccc(Cl)c(Cl)c1)C(=O)COc1ccc(Br)cc1Cl. The zero-order valence-corrected chi connectivity index (χ0v) is 22.1. The summed E-state index contributed by atoms with van der Waals surface area (Å²) in [6, 6.07) is 18.9. The number of rotatable bonds is 9. The number of likely N-dealkylation sites (N-methyl/N-ethyl adjacent to an activating group) is 1. The molecule has 1 atom stereocenters. The Morgan fingerprint density at radius 2 is 1.68 bits per heavy atom. The maximum Gasteiger partial charge on any atom is 0.261 e. The van der Waals surface area contributed by atoms with Gasteiger partial charge in [-0.15, -0.1) is 0 Å². The fourth-order valence-electron chi connectivity index (χ4n) is 3.37. The highest BCUT2D eigenvalue weighted by Crippen LogP contribution is 2.28. The van der Waals surface area contributed by atoms with E-state index < -0.39 is 6.04 Å². The molecule has 0 saturated carbocycles. The van der Waals surface area contributed by atoms with E-state index in [1.54, 1.807) is 43.4 Å². The molecule has 0 aromatic heterocycles. The van der Waals surface area contributed by atoms with Crippen LogP contribution in [-0.2, 0) is 22.6 Å². The van der Waals surface area contributed by atoms with Crippen LogP contribution in [0, 0.1) is 0 Å². The number of nitrogens with one attached hydrogen (secondary N) is 1. The van der Waals surface area contributed by atoms with Crippen LogP contribution in [-0.4, -0.2) is 36.4 Å². The minimum Gasteiger partial charge on any atom is -0.482 e. The van der Waals surface area contributed by atoms with Crippen molar-refractivity contribution in [2.45, 2.75) is 19.0 Å². The summed E-state index contributed by atoms with van der Waals surface area (Å²) >= 11 is 21.8. The molecule has 0 saturated heterocycles. The molecule has 5 nitrogen and oxygen atoms in total. The van der Waals surface area contributed by atoms with Crippen LogP contribution >= 0.6 is 50.7 Å². The first-order chi connectivity index (χ1) is 16.3. The molecular formula is C25H22BrCl3N2O3. The Kier molecular flexibility index (Phi) is 9.65. The Labute approximate surface area is 222 Å². The summed E-state index contributed by atoms with van der Waals surface area (Å²) < 4.78 is 6.50. The number of benzene rings is 3. The van der Waals surface area contributed by atoms with Gasteiger partial charge in [-0.2, -0.15) is 0 Å². The van der Waals surface area contributed by atoms with Crippen LogP contribution in [0.2, 0.25) is 15.1 Å². The zero-order chi connectivity index (χ0) is 24.7. The molecule has 1 N–H and O–H groups in total. The zero-order valence-electron chi connectivity index (χ0n) is 18.2. The normalized spacial score (nSPS) is 11.6. The van der Waals surface area contributed by atoms with E-state index in [-0.39, 0.29) is 25.0 Å². The van der Waals surface area contributed by atoms with Gasteiger partial charge in [0.1, 0.15) is 11.8 Å². The Bertz CT molecular complexity index is 1160. The smallest absolute Gasteiger partial charge is 0.261 e. The Balaban J connectivity index is 1.90. The highest BCUT2D eigenvalue weighted by atomic mass is 79.9. The minimum absolute atomic E-state index is 0.137. The maximum atomic E-state index is 13.4. The second-order valence-corrected chi connectivity index (χ2v) is 9.59. The van der Waals surface area contributed by atoms with Crippen molar-refractivity contribution in [3.8, 4) is 5.75 Å². The van der Waals surface area contributed by atoms with E-state index in [1.165, 1.54) is 4.90 Å². The highest BCUT2D eigenvalue weighted by Gasteiger charge is 2.30. The molecule has 0 aliphatic heterocycles. The summed E-state index contributed by atoms with van der Waals surface area (Å²) in [7, 11) is 1.54. The van der Waals surface area contributed by atoms with Crippen LogP contribution in [0.1, 0.15) is 11.1 Å². The lowest BCUT2D eigenvalue weighted by Gasteiger charge is -2.31. The number of hydrogen-bond donors (Lipinski definition) is 1. The topological polar surface area (TPSA) is 58.6 Å². The van der Waals surface area contributed by atoms with Crippen LogP contribution in [0.15, 0.2) is 71.2 Å². The first kappa shape index (κ1) is 26.4. The number of ether oxygens (including phenoxy) is 1. The van der Waals surface area contributed by atoms with E-state index in [0.29, 0.717) is 27.2 Å². The number of nitrogens with zero attached hydrogens (tertiary/aromatic N) is 1. The van der Waals surface area contributed by atoms with Gasteiger partial charge in [-0.05, 0) is 41.5 Å². The van der Waals surface area contributed by atoms with E-state index in [1.807, 2.05) is 30.3 Å². The molecule has 9 heteroatoms. The van der Waals surface area contributed by atoms with Gasteiger partial charge in [-0.1, -0.05) is 87.1 Å². The number of halogens is 4. The third-order valence-electron chi connectivity index (χ3n) is 5.10. The van der Waals surface area contributed by atoms with E-state index >= 15 is 0 Å². The Morgan fingerprint density at radius 1 is 0.941 bits per heavy atom. The van der Waals surface area contributed by atoms with Gasteiger partial charge in [0.2, 0.25) is 5.91 Å². The van der Waals surface area contributed by atoms with Gasteiger partial charge in [-0.25, -0.2) is 0 Å². The molecule has 3 rings (SSSR count). The van der Waals surface area contributed by atoms with Crippen LogP contribution in [0.5, 0.6) is 5.75 Å². The predicted molar refractivity (Wildman–Crippen MR) is 140 cm³/mol. The van der Waals surface area contributed by atoms with Crippen molar-refractivity contribution in [1.29, 1.82) is 0 Å². The summed E-state index contributed by atoms with van der Waals surface area (Å²) in [4.78, 5) is 27.8. The number of carbonyl (C=O) groups is 2. The second-order valence-electron chi connectivity index (χ2n) is 7.45. The van der Waals surface area contributed by atoms with Crippen molar-refractivity contribution < 1.29 is 14.3 Å². The summed E-state index contributed by atoms with van der Waals surface area (Å²) in [6.45, 7) is -0.164. The second kappa shape index (κ2) is 12.5. The standard InChI is InChI=1S/C25H22BrCl3N2O3/c1-30-25(33)22(12-16-5-3-2-4-6-16)31(14-17-7-9-19(27)20(28)11-17)24(32)15-34-23-10-8-18(26)13-21(23)29/h2-11,13,22H,12,14-15H2,1H3,(H,30,33)/t22-/m0/s1. The molecule has 0 heterocycles. The maximum absolute atomic E-state index is 13.4. The lowest BCUT2D eigenvalue weighted by Crippen LogP contribution is -2.51. The number of carbonyl (C=O) groups excluding carboxylic acids is 2. The molecule has 0 unspecified atom stereocenters. The van der Waals surface area contributed by atoms with Crippen molar-refractivity contribution in [3.05, 3.63) is 97.4 Å². The predicted octanol–water partition coefficient (Wildman–Crippen LogP) is 6.17. The van der Waals surface area contributed by atoms with Gasteiger partial charge < -0.3 is 15.0 Å². The van der Waals surface area contributed by atoms with E-state index in [4.69, 9.17) is 39.5 Å². The first-order valence-corrected chi connectivity index (χ1v) is 12.3. The summed E-state index contributed by atoms with van der Waals surface area (Å²) in [5.74, 6) is -0.305. The van der Waals surface area contributed by atoms with Crippen LogP contribution in [0.4, 0.5) is 0 Å². The molecule has 0 radical (unpaired) electrons. The molecule has 0 aliphatic carbocycles. The quantitative estimate of drug-likeness (QED) is 0.327. The van der Waals surface area contributed by atoms with Crippen molar-refractivity contribution >= 4 is 62.5 Å². The van der Waals surface area contributed by atoms with E-state index in [2.05, 4.69) is 21.2 Å². The van der Waals surface area contributed by atoms with Crippen LogP contribution in [0.25, 0.3) is 0 Å². The molecule has 0 bridgehead atoms.